The summed E-state index contributed by atoms with van der Waals surface area (Å²) in [6.07, 6.45) is 1.81. The van der Waals surface area contributed by atoms with Crippen molar-refractivity contribution in [1.29, 1.82) is 0 Å². The standard InChI is InChI=1S/C24H32N4O3/c1-6-28(7-2)12-11-25-24(30)22-15(4)21(26-16(22)5)14-19-18-13-17(31-8-3)9-10-20(18)27-23(19)29/h9-10,13-14,26H,6-8,11-12H2,1-5H3,(H,25,30)(H,27,29)/b19-14-. The monoisotopic (exact) mass is 424 g/mol. The molecule has 0 fully saturated rings. The van der Waals surface area contributed by atoms with Gasteiger partial charge in [-0.2, -0.15) is 0 Å². The summed E-state index contributed by atoms with van der Waals surface area (Å²) in [6, 6.07) is 5.56. The van der Waals surface area contributed by atoms with E-state index in [4.69, 9.17) is 4.74 Å². The molecule has 166 valence electrons. The van der Waals surface area contributed by atoms with E-state index in [-0.39, 0.29) is 11.8 Å². The molecule has 7 heteroatoms. The van der Waals surface area contributed by atoms with E-state index in [0.29, 0.717) is 24.3 Å². The summed E-state index contributed by atoms with van der Waals surface area (Å²) < 4.78 is 5.58. The number of hydrogen-bond acceptors (Lipinski definition) is 4. The Morgan fingerprint density at radius 3 is 2.61 bits per heavy atom. The number of aromatic amines is 1. The van der Waals surface area contributed by atoms with E-state index >= 15 is 0 Å². The third-order valence-corrected chi connectivity index (χ3v) is 5.68. The second-order valence-electron chi connectivity index (χ2n) is 7.60. The normalized spacial score (nSPS) is 14.1. The van der Waals surface area contributed by atoms with Crippen LogP contribution in [0.1, 0.15) is 53.6 Å². The van der Waals surface area contributed by atoms with Gasteiger partial charge in [0.1, 0.15) is 5.75 Å². The van der Waals surface area contributed by atoms with E-state index in [1.54, 1.807) is 0 Å². The highest BCUT2D eigenvalue weighted by Crippen LogP contribution is 2.36. The van der Waals surface area contributed by atoms with Crippen molar-refractivity contribution in [2.45, 2.75) is 34.6 Å². The number of aromatic nitrogens is 1. The molecular formula is C24H32N4O3. The van der Waals surface area contributed by atoms with Crippen molar-refractivity contribution >= 4 is 29.2 Å². The number of anilines is 1. The molecule has 0 spiro atoms. The summed E-state index contributed by atoms with van der Waals surface area (Å²) in [7, 11) is 0. The van der Waals surface area contributed by atoms with E-state index in [1.165, 1.54) is 0 Å². The molecular weight excluding hydrogens is 392 g/mol. The number of amides is 2. The molecule has 1 aliphatic rings. The lowest BCUT2D eigenvalue weighted by Crippen LogP contribution is -2.35. The van der Waals surface area contributed by atoms with Gasteiger partial charge in [-0.25, -0.2) is 0 Å². The lowest BCUT2D eigenvalue weighted by Gasteiger charge is -2.18. The second kappa shape index (κ2) is 9.83. The lowest BCUT2D eigenvalue weighted by atomic mass is 10.0. The molecule has 1 aromatic heterocycles. The highest BCUT2D eigenvalue weighted by atomic mass is 16.5. The molecule has 3 rings (SSSR count). The zero-order valence-electron chi connectivity index (χ0n) is 19.0. The summed E-state index contributed by atoms with van der Waals surface area (Å²) in [4.78, 5) is 30.9. The number of nitrogens with zero attached hydrogens (tertiary/aromatic N) is 1. The predicted octanol–water partition coefficient (Wildman–Crippen LogP) is 3.59. The van der Waals surface area contributed by atoms with Crippen LogP contribution in [0.25, 0.3) is 11.6 Å². The van der Waals surface area contributed by atoms with Crippen molar-refractivity contribution in [2.75, 3.05) is 38.1 Å². The lowest BCUT2D eigenvalue weighted by molar-refractivity contribution is -0.110. The zero-order chi connectivity index (χ0) is 22.5. The third kappa shape index (κ3) is 4.82. The highest BCUT2D eigenvalue weighted by molar-refractivity contribution is 6.35. The summed E-state index contributed by atoms with van der Waals surface area (Å²) in [5.74, 6) is 0.454. The number of nitrogens with one attached hydrogen (secondary N) is 3. The topological polar surface area (TPSA) is 86.5 Å². The van der Waals surface area contributed by atoms with Crippen LogP contribution in [-0.4, -0.2) is 54.5 Å². The van der Waals surface area contributed by atoms with Crippen molar-refractivity contribution in [3.63, 3.8) is 0 Å². The maximum absolute atomic E-state index is 12.8. The Bertz CT molecular complexity index is 1000. The van der Waals surface area contributed by atoms with Gasteiger partial charge in [-0.3, -0.25) is 9.59 Å². The van der Waals surface area contributed by atoms with Crippen molar-refractivity contribution in [3.05, 3.63) is 46.3 Å². The molecule has 2 heterocycles. The highest BCUT2D eigenvalue weighted by Gasteiger charge is 2.26. The van der Waals surface area contributed by atoms with Crippen LogP contribution >= 0.6 is 0 Å². The Hall–Kier alpha value is -3.06. The molecule has 0 saturated heterocycles. The Balaban J connectivity index is 1.84. The van der Waals surface area contributed by atoms with Gasteiger partial charge in [0.05, 0.1) is 17.7 Å². The number of carbonyl (C=O) groups is 2. The minimum absolute atomic E-state index is 0.0991. The molecule has 31 heavy (non-hydrogen) atoms. The molecule has 0 saturated carbocycles. The average molecular weight is 425 g/mol. The van der Waals surface area contributed by atoms with E-state index in [9.17, 15) is 9.59 Å². The first-order chi connectivity index (χ1) is 14.9. The molecule has 1 aliphatic heterocycles. The number of fused-ring (bicyclic) bond motifs is 1. The maximum Gasteiger partial charge on any atom is 0.256 e. The number of hydrogen-bond donors (Lipinski definition) is 3. The smallest absolute Gasteiger partial charge is 0.256 e. The number of benzene rings is 1. The Kier molecular flexibility index (Phi) is 7.17. The SMILES string of the molecule is CCOc1ccc2c(c1)/C(=C/c1[nH]c(C)c(C(=O)NCCN(CC)CC)c1C)C(=O)N2. The second-order valence-corrected chi connectivity index (χ2v) is 7.60. The van der Waals surface area contributed by atoms with Gasteiger partial charge >= 0.3 is 0 Å². The van der Waals surface area contributed by atoms with Crippen molar-refractivity contribution in [2.24, 2.45) is 0 Å². The summed E-state index contributed by atoms with van der Waals surface area (Å²) >= 11 is 0. The molecule has 0 radical (unpaired) electrons. The molecule has 7 nitrogen and oxygen atoms in total. The van der Waals surface area contributed by atoms with Crippen molar-refractivity contribution in [1.82, 2.24) is 15.2 Å². The van der Waals surface area contributed by atoms with Crippen molar-refractivity contribution < 1.29 is 14.3 Å². The molecule has 0 bridgehead atoms. The maximum atomic E-state index is 12.8. The first-order valence-electron chi connectivity index (χ1n) is 10.9. The van der Waals surface area contributed by atoms with Gasteiger partial charge in [0, 0.05) is 35.7 Å². The quantitative estimate of drug-likeness (QED) is 0.537. The molecule has 2 amide bonds. The summed E-state index contributed by atoms with van der Waals surface area (Å²) in [6.45, 7) is 13.8. The van der Waals surface area contributed by atoms with Crippen molar-refractivity contribution in [3.8, 4) is 5.75 Å². The summed E-state index contributed by atoms with van der Waals surface area (Å²) in [5.41, 5.74) is 5.11. The van der Waals surface area contributed by atoms with Crippen LogP contribution in [0.15, 0.2) is 18.2 Å². The Labute approximate surface area is 183 Å². The zero-order valence-corrected chi connectivity index (χ0v) is 19.0. The molecule has 3 N–H and O–H groups in total. The van der Waals surface area contributed by atoms with Crippen LogP contribution in [0.3, 0.4) is 0 Å². The molecule has 2 aromatic rings. The minimum Gasteiger partial charge on any atom is -0.494 e. The number of ether oxygens (including phenoxy) is 1. The number of carbonyl (C=O) groups excluding carboxylic acids is 2. The predicted molar refractivity (Wildman–Crippen MR) is 124 cm³/mol. The van der Waals surface area contributed by atoms with E-state index in [0.717, 1.165) is 53.6 Å². The molecule has 1 aromatic carbocycles. The number of H-pyrrole nitrogens is 1. The van der Waals surface area contributed by atoms with Gasteiger partial charge in [-0.05, 0) is 63.7 Å². The van der Waals surface area contributed by atoms with Crippen LogP contribution in [-0.2, 0) is 4.79 Å². The van der Waals surface area contributed by atoms with E-state index < -0.39 is 0 Å². The number of rotatable bonds is 9. The van der Waals surface area contributed by atoms with E-state index in [2.05, 4.69) is 34.4 Å². The molecule has 0 atom stereocenters. The van der Waals surface area contributed by atoms with Gasteiger partial charge in [0.15, 0.2) is 0 Å². The Morgan fingerprint density at radius 1 is 1.19 bits per heavy atom. The van der Waals surface area contributed by atoms with Crippen LogP contribution in [0.5, 0.6) is 5.75 Å². The van der Waals surface area contributed by atoms with Gasteiger partial charge in [-0.15, -0.1) is 0 Å². The average Bonchev–Trinajstić information content (AvgIpc) is 3.20. The minimum atomic E-state index is -0.166. The van der Waals surface area contributed by atoms with Crippen LogP contribution in [0.4, 0.5) is 5.69 Å². The van der Waals surface area contributed by atoms with Gasteiger partial charge in [-0.1, -0.05) is 13.8 Å². The van der Waals surface area contributed by atoms with Gasteiger partial charge in [0.2, 0.25) is 0 Å². The fourth-order valence-electron chi connectivity index (χ4n) is 3.93. The van der Waals surface area contributed by atoms with Gasteiger partial charge in [0.25, 0.3) is 11.8 Å². The molecule has 0 unspecified atom stereocenters. The van der Waals surface area contributed by atoms with Crippen LogP contribution in [0, 0.1) is 13.8 Å². The fourth-order valence-corrected chi connectivity index (χ4v) is 3.93. The van der Waals surface area contributed by atoms with E-state index in [1.807, 2.05) is 45.0 Å². The van der Waals surface area contributed by atoms with Crippen LogP contribution in [0.2, 0.25) is 0 Å². The Morgan fingerprint density at radius 2 is 1.94 bits per heavy atom. The summed E-state index contributed by atoms with van der Waals surface area (Å²) in [5, 5.41) is 5.91. The number of likely N-dealkylation sites (N-methyl/N-ethyl adjacent to an activating group) is 1. The first-order valence-corrected chi connectivity index (χ1v) is 10.9. The first kappa shape index (κ1) is 22.6. The molecule has 0 aliphatic carbocycles. The van der Waals surface area contributed by atoms with Gasteiger partial charge < -0.3 is 25.3 Å². The largest absolute Gasteiger partial charge is 0.494 e. The third-order valence-electron chi connectivity index (χ3n) is 5.68. The fraction of sp³-hybridized carbons (Fsp3) is 0.417. The number of aryl methyl sites for hydroxylation is 1. The van der Waals surface area contributed by atoms with Crippen LogP contribution < -0.4 is 15.4 Å².